The molecule has 0 saturated heterocycles. The van der Waals surface area contributed by atoms with Crippen molar-refractivity contribution in [3.8, 4) is 12.3 Å². The third-order valence-corrected chi connectivity index (χ3v) is 8.53. The number of fused-ring (bicyclic) bond motifs is 5. The Morgan fingerprint density at radius 3 is 2.54 bits per heavy atom. The maximum absolute atomic E-state index is 11.9. The molecular weight excluding hydrogens is 300 g/mol. The van der Waals surface area contributed by atoms with Crippen LogP contribution in [0, 0.1) is 35.0 Å². The van der Waals surface area contributed by atoms with Crippen molar-refractivity contribution in [1.82, 2.24) is 0 Å². The normalized spacial score (nSPS) is 53.5. The Morgan fingerprint density at radius 2 is 1.83 bits per heavy atom. The van der Waals surface area contributed by atoms with Gasteiger partial charge >= 0.3 is 0 Å². The van der Waals surface area contributed by atoms with Gasteiger partial charge in [-0.15, -0.1) is 6.42 Å². The predicted molar refractivity (Wildman–Crippen MR) is 92.0 cm³/mol. The molecule has 0 aromatic carbocycles. The SMILES string of the molecule is C#C[C@@]1(O)CC[C@@]2(O)[C@@H]3CCC4=CC(=O)CC[C@]4(C)[C@H]3CC[C@]12C. The van der Waals surface area contributed by atoms with Crippen LogP contribution in [-0.4, -0.2) is 27.2 Å². The van der Waals surface area contributed by atoms with Gasteiger partial charge in [0, 0.05) is 11.8 Å². The van der Waals surface area contributed by atoms with Crippen molar-refractivity contribution in [2.75, 3.05) is 0 Å². The van der Waals surface area contributed by atoms with Gasteiger partial charge in [-0.1, -0.05) is 25.3 Å². The van der Waals surface area contributed by atoms with Crippen molar-refractivity contribution >= 4 is 5.78 Å². The highest BCUT2D eigenvalue weighted by molar-refractivity contribution is 5.91. The fourth-order valence-electron chi connectivity index (χ4n) is 6.78. The molecule has 0 bridgehead atoms. The summed E-state index contributed by atoms with van der Waals surface area (Å²) in [5.74, 6) is 3.40. The third kappa shape index (κ3) is 1.69. The van der Waals surface area contributed by atoms with Crippen LogP contribution in [0.1, 0.15) is 65.2 Å². The second kappa shape index (κ2) is 4.74. The number of ketones is 1. The average Bonchev–Trinajstić information content (AvgIpc) is 2.77. The molecule has 4 aliphatic rings. The van der Waals surface area contributed by atoms with Crippen LogP contribution in [0.25, 0.3) is 0 Å². The number of terminal acetylenes is 1. The summed E-state index contributed by atoms with van der Waals surface area (Å²) in [5.41, 5.74) is -1.42. The zero-order valence-electron chi connectivity index (χ0n) is 14.8. The van der Waals surface area contributed by atoms with Gasteiger partial charge in [-0.3, -0.25) is 4.79 Å². The summed E-state index contributed by atoms with van der Waals surface area (Å²) in [6.07, 6.45) is 13.6. The highest BCUT2D eigenvalue weighted by atomic mass is 16.3. The number of aliphatic hydroxyl groups is 2. The van der Waals surface area contributed by atoms with E-state index in [0.29, 0.717) is 25.2 Å². The number of carbonyl (C=O) groups excluding carboxylic acids is 1. The van der Waals surface area contributed by atoms with Crippen molar-refractivity contribution in [2.45, 2.75) is 76.4 Å². The van der Waals surface area contributed by atoms with Gasteiger partial charge in [0.25, 0.3) is 0 Å². The van der Waals surface area contributed by atoms with E-state index in [9.17, 15) is 15.0 Å². The smallest absolute Gasteiger partial charge is 0.155 e. The van der Waals surface area contributed by atoms with Crippen molar-refractivity contribution < 1.29 is 15.0 Å². The molecule has 2 N–H and O–H groups in total. The Morgan fingerprint density at radius 1 is 1.08 bits per heavy atom. The van der Waals surface area contributed by atoms with Gasteiger partial charge in [-0.2, -0.15) is 0 Å². The van der Waals surface area contributed by atoms with E-state index in [1.807, 2.05) is 13.0 Å². The van der Waals surface area contributed by atoms with Gasteiger partial charge in [0.1, 0.15) is 5.60 Å². The first-order valence-electron chi connectivity index (χ1n) is 9.37. The summed E-state index contributed by atoms with van der Waals surface area (Å²) >= 11 is 0. The Balaban J connectivity index is 1.76. The van der Waals surface area contributed by atoms with Gasteiger partial charge in [0.05, 0.1) is 5.60 Å². The minimum absolute atomic E-state index is 0.0186. The minimum Gasteiger partial charge on any atom is -0.389 e. The summed E-state index contributed by atoms with van der Waals surface area (Å²) in [6, 6.07) is 0. The summed E-state index contributed by atoms with van der Waals surface area (Å²) in [5, 5.41) is 22.7. The van der Waals surface area contributed by atoms with E-state index in [1.54, 1.807) is 0 Å². The monoisotopic (exact) mass is 328 g/mol. The fourth-order valence-corrected chi connectivity index (χ4v) is 6.78. The number of hydrogen-bond donors (Lipinski definition) is 2. The zero-order chi connectivity index (χ0) is 17.4. The molecule has 3 nitrogen and oxygen atoms in total. The standard InChI is InChI=1S/C21H28O3/c1-4-20(23)11-12-21(24)17-6-5-14-13-15(22)7-9-18(14,2)16(17)8-10-19(20,21)3/h1,13,16-17,23-24H,5-12H2,2-3H3/t16-,17+,18-,19+,20+,21+/m0/s1. The number of allylic oxidation sites excluding steroid dienone is 1. The van der Waals surface area contributed by atoms with E-state index < -0.39 is 16.6 Å². The first kappa shape index (κ1) is 16.4. The molecule has 3 saturated carbocycles. The van der Waals surface area contributed by atoms with Crippen molar-refractivity contribution in [1.29, 1.82) is 0 Å². The van der Waals surface area contributed by atoms with Gasteiger partial charge in [0.15, 0.2) is 5.78 Å². The van der Waals surface area contributed by atoms with E-state index in [4.69, 9.17) is 6.42 Å². The first-order chi connectivity index (χ1) is 11.2. The Hall–Kier alpha value is -1.11. The van der Waals surface area contributed by atoms with Crippen molar-refractivity contribution in [2.24, 2.45) is 22.7 Å². The van der Waals surface area contributed by atoms with Gasteiger partial charge < -0.3 is 10.2 Å². The number of hydrogen-bond acceptors (Lipinski definition) is 3. The van der Waals surface area contributed by atoms with Crippen LogP contribution in [0.2, 0.25) is 0 Å². The quantitative estimate of drug-likeness (QED) is 0.672. The maximum Gasteiger partial charge on any atom is 0.155 e. The number of carbonyl (C=O) groups is 1. The summed E-state index contributed by atoms with van der Waals surface area (Å²) < 4.78 is 0. The van der Waals surface area contributed by atoms with Crippen LogP contribution < -0.4 is 0 Å². The summed E-state index contributed by atoms with van der Waals surface area (Å²) in [4.78, 5) is 11.9. The van der Waals surface area contributed by atoms with Crippen LogP contribution in [0.15, 0.2) is 11.6 Å². The first-order valence-corrected chi connectivity index (χ1v) is 9.37. The molecule has 24 heavy (non-hydrogen) atoms. The molecule has 0 aromatic heterocycles. The average molecular weight is 328 g/mol. The highest BCUT2D eigenvalue weighted by Crippen LogP contribution is 2.69. The minimum atomic E-state index is -1.20. The molecule has 4 rings (SSSR count). The molecule has 0 radical (unpaired) electrons. The highest BCUT2D eigenvalue weighted by Gasteiger charge is 2.71. The fraction of sp³-hybridized carbons (Fsp3) is 0.762. The topological polar surface area (TPSA) is 57.5 Å². The molecule has 0 amide bonds. The maximum atomic E-state index is 11.9. The third-order valence-electron chi connectivity index (χ3n) is 8.53. The van der Waals surface area contributed by atoms with Crippen LogP contribution in [0.5, 0.6) is 0 Å². The molecule has 4 aliphatic carbocycles. The van der Waals surface area contributed by atoms with Gasteiger partial charge in [-0.05, 0) is 68.3 Å². The van der Waals surface area contributed by atoms with Crippen LogP contribution in [0.4, 0.5) is 0 Å². The van der Waals surface area contributed by atoms with Crippen molar-refractivity contribution in [3.05, 3.63) is 11.6 Å². The van der Waals surface area contributed by atoms with E-state index in [2.05, 4.69) is 12.8 Å². The second-order valence-corrected chi connectivity index (χ2v) is 9.10. The van der Waals surface area contributed by atoms with Gasteiger partial charge in [0.2, 0.25) is 0 Å². The van der Waals surface area contributed by atoms with E-state index in [0.717, 1.165) is 32.1 Å². The van der Waals surface area contributed by atoms with E-state index in [-0.39, 0.29) is 17.1 Å². The molecule has 0 aliphatic heterocycles. The lowest BCUT2D eigenvalue weighted by molar-refractivity contribution is -0.205. The molecule has 6 atom stereocenters. The summed E-state index contributed by atoms with van der Waals surface area (Å²) in [7, 11) is 0. The molecule has 3 heteroatoms. The molecule has 3 fully saturated rings. The summed E-state index contributed by atoms with van der Waals surface area (Å²) in [6.45, 7) is 4.28. The lowest BCUT2D eigenvalue weighted by atomic mass is 9.45. The molecule has 130 valence electrons. The zero-order valence-corrected chi connectivity index (χ0v) is 14.8. The Kier molecular flexibility index (Phi) is 3.23. The number of rotatable bonds is 0. The van der Waals surface area contributed by atoms with Crippen molar-refractivity contribution in [3.63, 3.8) is 0 Å². The van der Waals surface area contributed by atoms with Crippen LogP contribution >= 0.6 is 0 Å². The lowest BCUT2D eigenvalue weighted by Crippen LogP contribution is -2.64. The van der Waals surface area contributed by atoms with Crippen LogP contribution in [0.3, 0.4) is 0 Å². The second-order valence-electron chi connectivity index (χ2n) is 9.10. The lowest BCUT2D eigenvalue weighted by Gasteiger charge is -2.61. The molecule has 0 aromatic rings. The molecule has 0 heterocycles. The Bertz CT molecular complexity index is 673. The molecular formula is C21H28O3. The Labute approximate surface area is 144 Å². The molecule has 0 unspecified atom stereocenters. The predicted octanol–water partition coefficient (Wildman–Crippen LogP) is 3.00. The van der Waals surface area contributed by atoms with Gasteiger partial charge in [-0.25, -0.2) is 0 Å². The molecule has 0 spiro atoms. The van der Waals surface area contributed by atoms with E-state index >= 15 is 0 Å². The van der Waals surface area contributed by atoms with E-state index in [1.165, 1.54) is 5.57 Å². The largest absolute Gasteiger partial charge is 0.389 e. The van der Waals surface area contributed by atoms with Crippen LogP contribution in [-0.2, 0) is 4.79 Å².